The lowest BCUT2D eigenvalue weighted by Crippen LogP contribution is -2.58. The predicted octanol–water partition coefficient (Wildman–Crippen LogP) is 3.95. The summed E-state index contributed by atoms with van der Waals surface area (Å²) in [6, 6.07) is 7.68. The Morgan fingerprint density at radius 1 is 1.10 bits per heavy atom. The maximum atomic E-state index is 14.4. The Morgan fingerprint density at radius 3 is 2.50 bits per heavy atom. The number of rotatable bonds is 8. The fourth-order valence-electron chi connectivity index (χ4n) is 6.73. The topological polar surface area (TPSA) is 154 Å². The number of hydrogen-bond donors (Lipinski definition) is 3. The fraction of sp³-hybridized carbons (Fsp3) is 0.639. The van der Waals surface area contributed by atoms with Crippen molar-refractivity contribution in [2.24, 2.45) is 11.3 Å². The molecule has 2 aliphatic carbocycles. The number of fused-ring (bicyclic) bond motifs is 2. The summed E-state index contributed by atoms with van der Waals surface area (Å²) in [5, 5.41) is 5.54. The Hall–Kier alpha value is -3.52. The van der Waals surface area contributed by atoms with Crippen LogP contribution in [0.2, 0.25) is 0 Å². The smallest absolute Gasteiger partial charge is 0.410 e. The van der Waals surface area contributed by atoms with Gasteiger partial charge in [0.1, 0.15) is 23.7 Å². The monoisotopic (exact) mass is 729 g/mol. The number of sulfonamides is 1. The van der Waals surface area contributed by atoms with E-state index in [1.54, 1.807) is 7.05 Å². The minimum atomic E-state index is -3.86. The fourth-order valence-corrected chi connectivity index (χ4v) is 8.67. The number of nitrogens with one attached hydrogen (secondary N) is 3. The van der Waals surface area contributed by atoms with E-state index in [1.807, 2.05) is 42.5 Å². The maximum Gasteiger partial charge on any atom is 0.410 e. The van der Waals surface area contributed by atoms with Gasteiger partial charge in [-0.25, -0.2) is 13.2 Å². The Morgan fingerprint density at radius 2 is 1.82 bits per heavy atom. The number of carbonyl (C=O) groups is 4. The van der Waals surface area contributed by atoms with E-state index in [2.05, 4.69) is 36.1 Å². The van der Waals surface area contributed by atoms with Gasteiger partial charge in [0.15, 0.2) is 0 Å². The molecule has 2 saturated carbocycles. The zero-order valence-electron chi connectivity index (χ0n) is 29.5. The highest BCUT2D eigenvalue weighted by atomic mass is 32.2. The number of hydrogen-bond acceptors (Lipinski definition) is 8. The lowest BCUT2D eigenvalue weighted by Gasteiger charge is -2.31. The van der Waals surface area contributed by atoms with Gasteiger partial charge in [0.2, 0.25) is 21.8 Å². The molecule has 1 aromatic rings. The van der Waals surface area contributed by atoms with Gasteiger partial charge < -0.3 is 25.2 Å². The van der Waals surface area contributed by atoms with Gasteiger partial charge >= 0.3 is 6.09 Å². The van der Waals surface area contributed by atoms with Crippen molar-refractivity contribution in [3.05, 3.63) is 48.0 Å². The first-order valence-corrected chi connectivity index (χ1v) is 19.6. The van der Waals surface area contributed by atoms with Gasteiger partial charge in [-0.3, -0.25) is 19.1 Å². The molecule has 0 unspecified atom stereocenters. The largest absolute Gasteiger partial charge is 0.444 e. The molecule has 12 nitrogen and oxygen atoms in total. The molecule has 0 bridgehead atoms. The third kappa shape index (κ3) is 9.62. The summed E-state index contributed by atoms with van der Waals surface area (Å²) < 4.78 is 33.6. The van der Waals surface area contributed by atoms with Crippen LogP contribution in [-0.4, -0.2) is 89.6 Å². The number of benzene rings is 1. The van der Waals surface area contributed by atoms with Crippen molar-refractivity contribution in [1.82, 2.24) is 25.2 Å². The normalized spacial score (nSPS) is 28.1. The van der Waals surface area contributed by atoms with E-state index in [0.717, 1.165) is 31.2 Å². The van der Waals surface area contributed by atoms with E-state index in [0.29, 0.717) is 37.2 Å². The second-order valence-corrected chi connectivity index (χ2v) is 17.9. The lowest BCUT2D eigenvalue weighted by atomic mass is 9.92. The summed E-state index contributed by atoms with van der Waals surface area (Å²) in [5.41, 5.74) is -0.662. The van der Waals surface area contributed by atoms with Crippen LogP contribution in [0.5, 0.6) is 0 Å². The van der Waals surface area contributed by atoms with Crippen molar-refractivity contribution in [3.63, 3.8) is 0 Å². The second-order valence-electron chi connectivity index (χ2n) is 15.5. The van der Waals surface area contributed by atoms with E-state index in [4.69, 9.17) is 17.0 Å². The zero-order chi connectivity index (χ0) is 36.3. The Balaban J connectivity index is 1.40. The lowest BCUT2D eigenvalue weighted by molar-refractivity contribution is -0.141. The number of ether oxygens (including phenoxy) is 1. The Kier molecular flexibility index (Phi) is 11.6. The van der Waals surface area contributed by atoms with Crippen molar-refractivity contribution in [2.45, 2.75) is 121 Å². The first-order chi connectivity index (χ1) is 23.6. The molecular weight excluding hydrogens is 679 g/mol. The van der Waals surface area contributed by atoms with E-state index < -0.39 is 62.8 Å². The van der Waals surface area contributed by atoms with Crippen LogP contribution in [0.15, 0.2) is 42.5 Å². The third-order valence-corrected chi connectivity index (χ3v) is 11.8. The van der Waals surface area contributed by atoms with E-state index in [9.17, 15) is 27.6 Å². The van der Waals surface area contributed by atoms with Crippen LogP contribution in [0.25, 0.3) is 0 Å². The highest BCUT2D eigenvalue weighted by molar-refractivity contribution is 7.91. The quantitative estimate of drug-likeness (QED) is 0.267. The second kappa shape index (κ2) is 15.4. The summed E-state index contributed by atoms with van der Waals surface area (Å²) in [4.78, 5) is 58.8. The molecule has 5 rings (SSSR count). The van der Waals surface area contributed by atoms with Crippen LogP contribution < -0.4 is 15.4 Å². The van der Waals surface area contributed by atoms with Crippen molar-refractivity contribution in [1.29, 1.82) is 0 Å². The molecular formula is C36H51N5O7S2. The third-order valence-electron chi connectivity index (χ3n) is 9.71. The molecule has 1 saturated heterocycles. The van der Waals surface area contributed by atoms with E-state index in [1.165, 1.54) is 9.80 Å². The van der Waals surface area contributed by atoms with Gasteiger partial charge in [-0.05, 0) is 49.5 Å². The number of amides is 4. The van der Waals surface area contributed by atoms with Gasteiger partial charge in [0.05, 0.1) is 16.8 Å². The summed E-state index contributed by atoms with van der Waals surface area (Å²) in [7, 11) is -2.24. The van der Waals surface area contributed by atoms with E-state index in [-0.39, 0.29) is 30.7 Å². The van der Waals surface area contributed by atoms with Crippen LogP contribution in [0.4, 0.5) is 4.79 Å². The molecule has 2 heterocycles. The first kappa shape index (κ1) is 37.7. The predicted molar refractivity (Wildman–Crippen MR) is 193 cm³/mol. The molecule has 2 aliphatic heterocycles. The molecule has 0 radical (unpaired) electrons. The molecule has 3 N–H and O–H groups in total. The van der Waals surface area contributed by atoms with Gasteiger partial charge in [-0.15, -0.1) is 0 Å². The van der Waals surface area contributed by atoms with Crippen molar-refractivity contribution in [2.75, 3.05) is 13.6 Å². The van der Waals surface area contributed by atoms with E-state index >= 15 is 0 Å². The van der Waals surface area contributed by atoms with Crippen LogP contribution >= 0.6 is 12.2 Å². The number of carbonyl (C=O) groups excluding carboxylic acids is 4. The van der Waals surface area contributed by atoms with Crippen molar-refractivity contribution < 1.29 is 32.3 Å². The summed E-state index contributed by atoms with van der Waals surface area (Å²) in [5.74, 6) is -2.12. The summed E-state index contributed by atoms with van der Waals surface area (Å²) in [6.07, 6.45) is 7.95. The first-order valence-electron chi connectivity index (χ1n) is 17.7. The average Bonchev–Trinajstić information content (AvgIpc) is 3.96. The minimum Gasteiger partial charge on any atom is -0.444 e. The van der Waals surface area contributed by atoms with Crippen molar-refractivity contribution in [3.8, 4) is 0 Å². The van der Waals surface area contributed by atoms with Crippen LogP contribution in [-0.2, 0) is 35.7 Å². The SMILES string of the molecule is CN(Cc1ccccc1)C(=O)O[C@@H]1C[C@H]2C(=O)N[C@]3(C(=O)NS(=O)(=O)C4CC4)C[C@@H]3/C=C\CCCCC[C@H](NC(=S)CC(C)(C)C)C(=O)N2C1. The number of nitrogens with zero attached hydrogens (tertiary/aromatic N) is 2. The maximum absolute atomic E-state index is 14.4. The molecule has 4 amide bonds. The van der Waals surface area contributed by atoms with Gasteiger partial charge in [-0.2, -0.15) is 0 Å². The number of allylic oxidation sites excluding steroid dienone is 1. The molecule has 5 atom stereocenters. The molecule has 1 aromatic carbocycles. The van der Waals surface area contributed by atoms with Gasteiger partial charge in [0, 0.05) is 32.4 Å². The molecule has 14 heteroatoms. The summed E-state index contributed by atoms with van der Waals surface area (Å²) >= 11 is 5.68. The molecule has 3 fully saturated rings. The highest BCUT2D eigenvalue weighted by Gasteiger charge is 2.62. The van der Waals surface area contributed by atoms with Crippen LogP contribution in [0.1, 0.15) is 90.5 Å². The average molecular weight is 730 g/mol. The number of thiocarbonyl (C=S) groups is 1. The van der Waals surface area contributed by atoms with Gasteiger partial charge in [-0.1, -0.05) is 88.3 Å². The standard InChI is InChI=1S/C36H51N5O7S2/c1-35(2,3)21-30(49)37-28-16-12-7-5-6-11-15-25-20-36(25,33(44)39-50(46,47)27-17-18-27)38-31(42)29-19-26(23-41(29)32(28)43)48-34(45)40(4)22-24-13-9-8-10-14-24/h8-11,13-15,25-29H,5-7,12,16-23H2,1-4H3,(H,37,49)(H,38,42)(H,39,44)/b15-11-/t25-,26+,28-,29-,36+/m0/s1. The summed E-state index contributed by atoms with van der Waals surface area (Å²) in [6.45, 7) is 6.48. The van der Waals surface area contributed by atoms with Gasteiger partial charge in [0.25, 0.3) is 5.91 Å². The molecule has 50 heavy (non-hydrogen) atoms. The molecule has 4 aliphatic rings. The minimum absolute atomic E-state index is 0.0141. The van der Waals surface area contributed by atoms with Crippen LogP contribution in [0.3, 0.4) is 0 Å². The Bertz CT molecular complexity index is 1590. The zero-order valence-corrected chi connectivity index (χ0v) is 31.1. The molecule has 0 spiro atoms. The Labute approximate surface area is 301 Å². The van der Waals surface area contributed by atoms with Crippen molar-refractivity contribution >= 4 is 51.0 Å². The molecule has 0 aromatic heterocycles. The highest BCUT2D eigenvalue weighted by Crippen LogP contribution is 2.46. The molecule has 274 valence electrons. The van der Waals surface area contributed by atoms with Crippen LogP contribution in [0, 0.1) is 11.3 Å².